The maximum Gasteiger partial charge on any atom is 0.203 e. The molecule has 0 saturated carbocycles. The van der Waals surface area contributed by atoms with Gasteiger partial charge in [-0.1, -0.05) is 15.9 Å². The third-order valence-corrected chi connectivity index (χ3v) is 2.27. The summed E-state index contributed by atoms with van der Waals surface area (Å²) in [6.07, 6.45) is 0.735. The average Bonchev–Trinajstić information content (AvgIpc) is 2.35. The fourth-order valence-electron chi connectivity index (χ4n) is 1.25. The molecule has 0 unspecified atom stereocenters. The Morgan fingerprint density at radius 2 is 1.81 bits per heavy atom. The van der Waals surface area contributed by atoms with Crippen molar-refractivity contribution in [3.05, 3.63) is 17.7 Å². The number of halogens is 1. The minimum atomic E-state index is 0.486. The van der Waals surface area contributed by atoms with Gasteiger partial charge in [0.2, 0.25) is 5.75 Å². The van der Waals surface area contributed by atoms with E-state index in [0.717, 1.165) is 6.29 Å². The van der Waals surface area contributed by atoms with Gasteiger partial charge in [0, 0.05) is 10.9 Å². The first-order chi connectivity index (χ1) is 7.76. The topological polar surface area (TPSA) is 44.8 Å². The summed E-state index contributed by atoms with van der Waals surface area (Å²) in [5.41, 5.74) is 0.486. The van der Waals surface area contributed by atoms with Crippen molar-refractivity contribution in [2.24, 2.45) is 0 Å². The number of hydrogen-bond donors (Lipinski definition) is 0. The summed E-state index contributed by atoms with van der Waals surface area (Å²) in [6.45, 7) is 0.493. The highest BCUT2D eigenvalue weighted by molar-refractivity contribution is 9.09. The number of hydrogen-bond acceptors (Lipinski definition) is 4. The minimum Gasteiger partial charge on any atom is -0.493 e. The zero-order valence-corrected chi connectivity index (χ0v) is 10.7. The van der Waals surface area contributed by atoms with Crippen molar-refractivity contribution in [1.82, 2.24) is 0 Å². The number of rotatable bonds is 6. The summed E-state index contributed by atoms with van der Waals surface area (Å²) in [4.78, 5) is 10.7. The zero-order chi connectivity index (χ0) is 12.0. The standard InChI is InChI=1S/C11H13BrO4/c1-14-9-5-8(7-13)6-10(15-2)11(9)16-4-3-12/h5-7H,3-4H2,1-2H3. The molecule has 0 bridgehead atoms. The number of benzene rings is 1. The van der Waals surface area contributed by atoms with Gasteiger partial charge in [-0.15, -0.1) is 0 Å². The van der Waals surface area contributed by atoms with Crippen molar-refractivity contribution in [3.8, 4) is 17.2 Å². The normalized spacial score (nSPS) is 9.69. The van der Waals surface area contributed by atoms with E-state index in [4.69, 9.17) is 14.2 Å². The van der Waals surface area contributed by atoms with Crippen LogP contribution in [0.3, 0.4) is 0 Å². The lowest BCUT2D eigenvalue weighted by molar-refractivity contribution is 0.112. The smallest absolute Gasteiger partial charge is 0.203 e. The number of methoxy groups -OCH3 is 2. The van der Waals surface area contributed by atoms with Gasteiger partial charge in [0.25, 0.3) is 0 Å². The Balaban J connectivity index is 3.14. The predicted molar refractivity (Wildman–Crippen MR) is 64.2 cm³/mol. The van der Waals surface area contributed by atoms with Gasteiger partial charge in [-0.3, -0.25) is 4.79 Å². The first kappa shape index (κ1) is 12.8. The molecule has 0 aliphatic rings. The summed E-state index contributed by atoms with van der Waals surface area (Å²) < 4.78 is 15.8. The highest BCUT2D eigenvalue weighted by Crippen LogP contribution is 2.38. The SMILES string of the molecule is COc1cc(C=O)cc(OC)c1OCCBr. The molecule has 0 saturated heterocycles. The molecule has 0 aliphatic carbocycles. The summed E-state index contributed by atoms with van der Waals surface area (Å²) >= 11 is 3.27. The second kappa shape index (κ2) is 6.37. The lowest BCUT2D eigenvalue weighted by atomic mass is 10.2. The zero-order valence-electron chi connectivity index (χ0n) is 9.16. The molecular formula is C11H13BrO4. The van der Waals surface area contributed by atoms with E-state index in [0.29, 0.717) is 34.7 Å². The summed E-state index contributed by atoms with van der Waals surface area (Å²) in [5.74, 6) is 1.49. The van der Waals surface area contributed by atoms with Crippen LogP contribution in [0.25, 0.3) is 0 Å². The van der Waals surface area contributed by atoms with E-state index < -0.39 is 0 Å². The molecule has 0 spiro atoms. The highest BCUT2D eigenvalue weighted by atomic mass is 79.9. The van der Waals surface area contributed by atoms with Gasteiger partial charge in [-0.25, -0.2) is 0 Å². The van der Waals surface area contributed by atoms with E-state index in [1.807, 2.05) is 0 Å². The van der Waals surface area contributed by atoms with E-state index in [1.165, 1.54) is 14.2 Å². The Hall–Kier alpha value is -1.23. The van der Waals surface area contributed by atoms with Crippen LogP contribution in [0.2, 0.25) is 0 Å². The Labute approximate surface area is 103 Å². The first-order valence-electron chi connectivity index (χ1n) is 4.66. The summed E-state index contributed by atoms with van der Waals surface area (Å²) in [6, 6.07) is 3.22. The van der Waals surface area contributed by atoms with Crippen LogP contribution in [0.4, 0.5) is 0 Å². The third-order valence-electron chi connectivity index (χ3n) is 1.94. The van der Waals surface area contributed by atoms with E-state index in [1.54, 1.807) is 12.1 Å². The molecule has 1 aromatic carbocycles. The Morgan fingerprint density at radius 1 is 1.25 bits per heavy atom. The molecule has 1 rings (SSSR count). The Kier molecular flexibility index (Phi) is 5.11. The van der Waals surface area contributed by atoms with Crippen LogP contribution in [-0.2, 0) is 0 Å². The molecule has 0 aromatic heterocycles. The molecule has 0 fully saturated rings. The van der Waals surface area contributed by atoms with Gasteiger partial charge >= 0.3 is 0 Å². The maximum absolute atomic E-state index is 10.7. The second-order valence-corrected chi connectivity index (χ2v) is 3.70. The average molecular weight is 289 g/mol. The van der Waals surface area contributed by atoms with E-state index >= 15 is 0 Å². The molecule has 88 valence electrons. The molecule has 0 aliphatic heterocycles. The van der Waals surface area contributed by atoms with Crippen LogP contribution >= 0.6 is 15.9 Å². The third kappa shape index (κ3) is 2.88. The van der Waals surface area contributed by atoms with Crippen molar-refractivity contribution in [1.29, 1.82) is 0 Å². The van der Waals surface area contributed by atoms with Crippen molar-refractivity contribution in [3.63, 3.8) is 0 Å². The molecule has 1 aromatic rings. The molecule has 5 heteroatoms. The van der Waals surface area contributed by atoms with Gasteiger partial charge < -0.3 is 14.2 Å². The molecule has 16 heavy (non-hydrogen) atoms. The molecule has 0 atom stereocenters. The van der Waals surface area contributed by atoms with Crippen LogP contribution in [0, 0.1) is 0 Å². The van der Waals surface area contributed by atoms with Gasteiger partial charge in [0.05, 0.1) is 20.8 Å². The van der Waals surface area contributed by atoms with Crippen molar-refractivity contribution in [2.45, 2.75) is 0 Å². The lowest BCUT2D eigenvalue weighted by Gasteiger charge is -2.14. The molecule has 0 amide bonds. The van der Waals surface area contributed by atoms with Gasteiger partial charge in [-0.05, 0) is 12.1 Å². The first-order valence-corrected chi connectivity index (χ1v) is 5.79. The molecular weight excluding hydrogens is 276 g/mol. The molecule has 0 N–H and O–H groups in total. The van der Waals surface area contributed by atoms with Gasteiger partial charge in [-0.2, -0.15) is 0 Å². The largest absolute Gasteiger partial charge is 0.493 e. The number of alkyl halides is 1. The quantitative estimate of drug-likeness (QED) is 0.595. The van der Waals surface area contributed by atoms with Crippen LogP contribution in [0.1, 0.15) is 10.4 Å². The predicted octanol–water partition coefficient (Wildman–Crippen LogP) is 2.29. The monoisotopic (exact) mass is 288 g/mol. The Bertz CT molecular complexity index is 340. The molecule has 0 radical (unpaired) electrons. The van der Waals surface area contributed by atoms with E-state index in [9.17, 15) is 4.79 Å². The van der Waals surface area contributed by atoms with Crippen LogP contribution in [0.5, 0.6) is 17.2 Å². The van der Waals surface area contributed by atoms with Gasteiger partial charge in [0.15, 0.2) is 11.5 Å². The molecule has 0 heterocycles. The van der Waals surface area contributed by atoms with Crippen LogP contribution < -0.4 is 14.2 Å². The van der Waals surface area contributed by atoms with E-state index in [2.05, 4.69) is 15.9 Å². The van der Waals surface area contributed by atoms with Crippen molar-refractivity contribution in [2.75, 3.05) is 26.2 Å². The van der Waals surface area contributed by atoms with Crippen molar-refractivity contribution >= 4 is 22.2 Å². The summed E-state index contributed by atoms with van der Waals surface area (Å²) in [7, 11) is 3.04. The number of ether oxygens (including phenoxy) is 3. The Morgan fingerprint density at radius 3 is 2.19 bits per heavy atom. The van der Waals surface area contributed by atoms with Crippen molar-refractivity contribution < 1.29 is 19.0 Å². The highest BCUT2D eigenvalue weighted by Gasteiger charge is 2.13. The number of aldehydes is 1. The van der Waals surface area contributed by atoms with Gasteiger partial charge in [0.1, 0.15) is 6.29 Å². The summed E-state index contributed by atoms with van der Waals surface area (Å²) in [5, 5.41) is 0.703. The number of carbonyl (C=O) groups is 1. The minimum absolute atomic E-state index is 0.486. The fraction of sp³-hybridized carbons (Fsp3) is 0.364. The van der Waals surface area contributed by atoms with Crippen LogP contribution in [0.15, 0.2) is 12.1 Å². The fourth-order valence-corrected chi connectivity index (χ4v) is 1.41. The maximum atomic E-state index is 10.7. The molecule has 4 nitrogen and oxygen atoms in total. The second-order valence-electron chi connectivity index (χ2n) is 2.91. The van der Waals surface area contributed by atoms with E-state index in [-0.39, 0.29) is 0 Å². The lowest BCUT2D eigenvalue weighted by Crippen LogP contribution is -2.02. The number of carbonyl (C=O) groups excluding carboxylic acids is 1. The van der Waals surface area contributed by atoms with Crippen LogP contribution in [-0.4, -0.2) is 32.4 Å².